The fourth-order valence-electron chi connectivity index (χ4n) is 5.23. The number of aryl methyl sites for hydroxylation is 1. The Labute approximate surface area is 239 Å². The highest BCUT2D eigenvalue weighted by atomic mass is 32.2. The molecule has 7 nitrogen and oxygen atoms in total. The number of nitrogens with zero attached hydrogens (tertiary/aromatic N) is 2. The van der Waals surface area contributed by atoms with Crippen LogP contribution in [0.5, 0.6) is 5.75 Å². The number of anilines is 1. The van der Waals surface area contributed by atoms with Crippen molar-refractivity contribution in [3.8, 4) is 17.6 Å². The number of aliphatic hydroxyl groups excluding tert-OH is 1. The molecule has 4 rings (SSSR count). The van der Waals surface area contributed by atoms with Crippen LogP contribution in [-0.4, -0.2) is 74.3 Å². The number of methoxy groups -OCH3 is 1. The molecule has 1 fully saturated rings. The molecule has 2 N–H and O–H groups in total. The number of β-amino-alcohol motifs (C(OH)–C–C–N with tert-alkyl or cyclic N) is 1. The van der Waals surface area contributed by atoms with E-state index >= 15 is 0 Å². The highest BCUT2D eigenvalue weighted by Gasteiger charge is 2.30. The molecule has 0 bridgehead atoms. The number of benzene rings is 2. The van der Waals surface area contributed by atoms with Gasteiger partial charge in [-0.2, -0.15) is 13.2 Å². The van der Waals surface area contributed by atoms with E-state index in [0.29, 0.717) is 36.0 Å². The number of fused-ring (bicyclic) bond motifs is 1. The average molecular weight is 592 g/mol. The molecule has 1 saturated heterocycles. The van der Waals surface area contributed by atoms with Gasteiger partial charge in [0.2, 0.25) is 0 Å². The maximum absolute atomic E-state index is 13.6. The summed E-state index contributed by atoms with van der Waals surface area (Å²) in [7, 11) is -1.93. The van der Waals surface area contributed by atoms with Crippen LogP contribution in [0.4, 0.5) is 18.9 Å². The minimum absolute atomic E-state index is 0.149. The zero-order chi connectivity index (χ0) is 29.8. The van der Waals surface area contributed by atoms with Crippen molar-refractivity contribution in [2.45, 2.75) is 62.4 Å². The van der Waals surface area contributed by atoms with Gasteiger partial charge in [0.25, 0.3) is 0 Å². The number of hydrogen-bond donors (Lipinski definition) is 2. The number of rotatable bonds is 9. The van der Waals surface area contributed by atoms with E-state index in [1.54, 1.807) is 31.2 Å². The van der Waals surface area contributed by atoms with Crippen molar-refractivity contribution >= 4 is 26.4 Å². The molecule has 0 saturated carbocycles. The smallest absolute Gasteiger partial charge is 0.406 e. The second-order valence-corrected chi connectivity index (χ2v) is 12.6. The predicted molar refractivity (Wildman–Crippen MR) is 154 cm³/mol. The van der Waals surface area contributed by atoms with Crippen molar-refractivity contribution in [2.75, 3.05) is 38.3 Å². The van der Waals surface area contributed by atoms with Crippen LogP contribution in [0.25, 0.3) is 10.9 Å². The van der Waals surface area contributed by atoms with Crippen LogP contribution in [0.3, 0.4) is 0 Å². The van der Waals surface area contributed by atoms with Crippen molar-refractivity contribution in [3.63, 3.8) is 0 Å². The molecule has 1 atom stereocenters. The molecule has 41 heavy (non-hydrogen) atoms. The molecule has 0 aliphatic carbocycles. The Kier molecular flexibility index (Phi) is 9.57. The third-order valence-electron chi connectivity index (χ3n) is 7.18. The summed E-state index contributed by atoms with van der Waals surface area (Å²) < 4.78 is 71.0. The molecule has 0 spiro atoms. The molecule has 1 unspecified atom stereocenters. The fraction of sp³-hybridized carbons (Fsp3) is 0.467. The van der Waals surface area contributed by atoms with Crippen LogP contribution in [0, 0.1) is 11.8 Å². The van der Waals surface area contributed by atoms with Crippen LogP contribution in [0.15, 0.2) is 47.4 Å². The first-order valence-electron chi connectivity index (χ1n) is 13.6. The summed E-state index contributed by atoms with van der Waals surface area (Å²) in [4.78, 5) is 2.36. The Hall–Kier alpha value is -3.20. The Morgan fingerprint density at radius 3 is 2.54 bits per heavy atom. The number of nitrogens with one attached hydrogen (secondary N) is 1. The van der Waals surface area contributed by atoms with Crippen LogP contribution in [0.2, 0.25) is 0 Å². The van der Waals surface area contributed by atoms with E-state index in [1.807, 2.05) is 6.07 Å². The van der Waals surface area contributed by atoms with E-state index in [2.05, 4.69) is 22.1 Å². The molecule has 1 aliphatic heterocycles. The van der Waals surface area contributed by atoms with Crippen LogP contribution in [0.1, 0.15) is 37.4 Å². The van der Waals surface area contributed by atoms with Gasteiger partial charge in [0.05, 0.1) is 29.3 Å². The van der Waals surface area contributed by atoms with Crippen LogP contribution in [-0.2, 0) is 22.8 Å². The van der Waals surface area contributed by atoms with E-state index in [0.717, 1.165) is 43.4 Å². The van der Waals surface area contributed by atoms with Gasteiger partial charge in [0, 0.05) is 49.4 Å². The van der Waals surface area contributed by atoms with Crippen LogP contribution >= 0.6 is 0 Å². The second kappa shape index (κ2) is 12.8. The quantitative estimate of drug-likeness (QED) is 0.346. The lowest BCUT2D eigenvalue weighted by molar-refractivity contribution is -0.140. The van der Waals surface area contributed by atoms with Gasteiger partial charge in [0.1, 0.15) is 12.3 Å². The number of hydrogen-bond acceptors (Lipinski definition) is 6. The van der Waals surface area contributed by atoms with Gasteiger partial charge in [-0.25, -0.2) is 8.42 Å². The van der Waals surface area contributed by atoms with E-state index in [4.69, 9.17) is 4.74 Å². The largest absolute Gasteiger partial charge is 0.496 e. The van der Waals surface area contributed by atoms with Gasteiger partial charge < -0.3 is 24.6 Å². The fourth-order valence-corrected chi connectivity index (χ4v) is 5.87. The topological polar surface area (TPSA) is 83.8 Å². The lowest BCUT2D eigenvalue weighted by Gasteiger charge is -2.33. The molecule has 222 valence electrons. The summed E-state index contributed by atoms with van der Waals surface area (Å²) in [5.74, 6) is 6.36. The number of halogens is 3. The third-order valence-corrected chi connectivity index (χ3v) is 8.29. The summed E-state index contributed by atoms with van der Waals surface area (Å²) in [5, 5.41) is 13.9. The molecular weight excluding hydrogens is 555 g/mol. The van der Waals surface area contributed by atoms with Gasteiger partial charge >= 0.3 is 6.18 Å². The highest BCUT2D eigenvalue weighted by molar-refractivity contribution is 7.90. The number of sulfone groups is 1. The molecule has 0 amide bonds. The van der Waals surface area contributed by atoms with Gasteiger partial charge in [0.15, 0.2) is 9.84 Å². The van der Waals surface area contributed by atoms with E-state index in [-0.39, 0.29) is 22.7 Å². The summed E-state index contributed by atoms with van der Waals surface area (Å²) in [6, 6.07) is 11.8. The number of aliphatic hydroxyl groups is 1. The predicted octanol–water partition coefficient (Wildman–Crippen LogP) is 4.86. The highest BCUT2D eigenvalue weighted by Crippen LogP contribution is 2.31. The Balaban J connectivity index is 1.55. The Morgan fingerprint density at radius 2 is 1.90 bits per heavy atom. The second-order valence-electron chi connectivity index (χ2n) is 10.6. The normalized spacial score (nSPS) is 15.9. The SMILES string of the molecule is COc1cc(S(C)(=O)=O)ccc1CCC#Cc1cc2c(NC3CCN(CC(C)O)CC3)cccc2n1CC(F)(F)F. The summed E-state index contributed by atoms with van der Waals surface area (Å²) in [5.41, 5.74) is 2.27. The molecule has 1 aliphatic rings. The summed E-state index contributed by atoms with van der Waals surface area (Å²) >= 11 is 0. The Morgan fingerprint density at radius 1 is 1.17 bits per heavy atom. The first-order valence-corrected chi connectivity index (χ1v) is 15.4. The van der Waals surface area contributed by atoms with Gasteiger partial charge in [-0.05, 0) is 68.0 Å². The van der Waals surface area contributed by atoms with Crippen molar-refractivity contribution in [1.82, 2.24) is 9.47 Å². The van der Waals surface area contributed by atoms with Crippen molar-refractivity contribution in [3.05, 3.63) is 53.7 Å². The summed E-state index contributed by atoms with van der Waals surface area (Å²) in [6.07, 6.45) is -1.16. The molecule has 2 heterocycles. The van der Waals surface area contributed by atoms with Gasteiger partial charge in [-0.3, -0.25) is 0 Å². The van der Waals surface area contributed by atoms with Gasteiger partial charge in [-0.1, -0.05) is 18.1 Å². The van der Waals surface area contributed by atoms with E-state index < -0.39 is 22.6 Å². The number of alkyl halides is 3. The zero-order valence-electron chi connectivity index (χ0n) is 23.5. The standard InChI is InChI=1S/C30H36F3N3O4S/c1-21(37)19-35-15-13-23(14-16-35)34-27-9-6-10-28-26(27)17-24(36(28)20-30(31,32)33)8-5-4-7-22-11-12-25(41(3,38)39)18-29(22)40-2/h6,9-12,17-18,21,23,34,37H,4,7,13-16,19-20H2,1-3H3. The molecule has 1 aromatic heterocycles. The Bertz CT molecular complexity index is 1530. The van der Waals surface area contributed by atoms with E-state index in [1.165, 1.54) is 23.8 Å². The molecule has 3 aromatic rings. The van der Waals surface area contributed by atoms with Crippen molar-refractivity contribution in [1.29, 1.82) is 0 Å². The molecule has 0 radical (unpaired) electrons. The third kappa shape index (κ3) is 8.18. The monoisotopic (exact) mass is 591 g/mol. The molecule has 11 heteroatoms. The number of likely N-dealkylation sites (tertiary alicyclic amines) is 1. The maximum Gasteiger partial charge on any atom is 0.406 e. The number of aromatic nitrogens is 1. The minimum Gasteiger partial charge on any atom is -0.496 e. The average Bonchev–Trinajstić information content (AvgIpc) is 3.23. The van der Waals surface area contributed by atoms with E-state index in [9.17, 15) is 26.7 Å². The first-order chi connectivity index (χ1) is 19.3. The maximum atomic E-state index is 13.6. The number of piperidine rings is 1. The van der Waals surface area contributed by atoms with Crippen LogP contribution < -0.4 is 10.1 Å². The van der Waals surface area contributed by atoms with Gasteiger partial charge in [-0.15, -0.1) is 0 Å². The zero-order valence-corrected chi connectivity index (χ0v) is 24.3. The lowest BCUT2D eigenvalue weighted by Crippen LogP contribution is -2.41. The summed E-state index contributed by atoms with van der Waals surface area (Å²) in [6.45, 7) is 2.93. The molecular formula is C30H36F3N3O4S. The first kappa shape index (κ1) is 30.8. The van der Waals surface area contributed by atoms with Crippen molar-refractivity contribution < 1.29 is 31.4 Å². The van der Waals surface area contributed by atoms with Crippen molar-refractivity contribution in [2.24, 2.45) is 0 Å². The molecule has 2 aromatic carbocycles. The minimum atomic E-state index is -4.42. The lowest BCUT2D eigenvalue weighted by atomic mass is 10.0. The number of ether oxygens (including phenoxy) is 1.